The van der Waals surface area contributed by atoms with Crippen molar-refractivity contribution < 1.29 is 9.29 Å². The Morgan fingerprint density at radius 3 is 2.33 bits per heavy atom. The summed E-state index contributed by atoms with van der Waals surface area (Å²) in [6, 6.07) is 7.59. The molecule has 0 saturated carbocycles. The molecule has 0 saturated heterocycles. The second kappa shape index (κ2) is 4.50. The number of methoxy groups -OCH3 is 1. The molecule has 12 heavy (non-hydrogen) atoms. The van der Waals surface area contributed by atoms with Crippen LogP contribution in [-0.2, 0) is 22.5 Å². The topological polar surface area (TPSA) is 32.3 Å². The molecule has 1 aromatic carbocycles. The highest BCUT2D eigenvalue weighted by Gasteiger charge is 2.02. The van der Waals surface area contributed by atoms with Crippen LogP contribution in [0.25, 0.3) is 0 Å². The van der Waals surface area contributed by atoms with E-state index in [1.807, 2.05) is 24.3 Å². The molecule has 0 radical (unpaired) electrons. The third kappa shape index (κ3) is 2.52. The summed E-state index contributed by atoms with van der Waals surface area (Å²) in [7, 11) is 1.66. The Labute approximate surface area is 75.7 Å². The highest BCUT2D eigenvalue weighted by molar-refractivity contribution is 7.90. The summed E-state index contributed by atoms with van der Waals surface area (Å²) in [5.41, 5.74) is 1.10. The first-order valence-corrected chi connectivity index (χ1v) is 5.21. The summed E-state index contributed by atoms with van der Waals surface area (Å²) in [5.74, 6) is 0. The largest absolute Gasteiger partial charge is 0.612 e. The molecular weight excluding hydrogens is 172 g/mol. The van der Waals surface area contributed by atoms with Crippen molar-refractivity contribution in [3.8, 4) is 0 Å². The van der Waals surface area contributed by atoms with Gasteiger partial charge in [-0.25, -0.2) is 0 Å². The van der Waals surface area contributed by atoms with Gasteiger partial charge in [0.2, 0.25) is 0 Å². The highest BCUT2D eigenvalue weighted by atomic mass is 32.2. The third-order valence-electron chi connectivity index (χ3n) is 1.57. The van der Waals surface area contributed by atoms with Crippen molar-refractivity contribution in [1.29, 1.82) is 0 Å². The first-order chi connectivity index (χ1) is 5.74. The smallest absolute Gasteiger partial charge is 0.152 e. The lowest BCUT2D eigenvalue weighted by Gasteiger charge is -2.04. The molecule has 1 aromatic rings. The fraction of sp³-hybridized carbons (Fsp3) is 0.333. The first kappa shape index (κ1) is 9.58. The van der Waals surface area contributed by atoms with E-state index in [0.29, 0.717) is 6.61 Å². The van der Waals surface area contributed by atoms with E-state index in [2.05, 4.69) is 0 Å². The van der Waals surface area contributed by atoms with E-state index in [0.717, 1.165) is 10.5 Å². The van der Waals surface area contributed by atoms with Crippen molar-refractivity contribution in [2.24, 2.45) is 0 Å². The zero-order valence-corrected chi connectivity index (χ0v) is 8.06. The van der Waals surface area contributed by atoms with Gasteiger partial charge in [-0.05, 0) is 28.9 Å². The van der Waals surface area contributed by atoms with Crippen molar-refractivity contribution in [3.05, 3.63) is 29.8 Å². The maximum atomic E-state index is 11.0. The van der Waals surface area contributed by atoms with Crippen LogP contribution in [0.3, 0.4) is 0 Å². The normalized spacial score (nSPS) is 12.9. The van der Waals surface area contributed by atoms with Crippen molar-refractivity contribution in [2.75, 3.05) is 13.4 Å². The van der Waals surface area contributed by atoms with Gasteiger partial charge in [0.25, 0.3) is 0 Å². The molecule has 2 nitrogen and oxygen atoms in total. The van der Waals surface area contributed by atoms with Crippen LogP contribution in [0.5, 0.6) is 0 Å². The lowest BCUT2D eigenvalue weighted by atomic mass is 10.2. The zero-order valence-electron chi connectivity index (χ0n) is 7.24. The number of benzene rings is 1. The van der Waals surface area contributed by atoms with E-state index in [1.54, 1.807) is 13.4 Å². The van der Waals surface area contributed by atoms with E-state index in [1.165, 1.54) is 0 Å². The van der Waals surface area contributed by atoms with Crippen LogP contribution in [0, 0.1) is 0 Å². The second-order valence-electron chi connectivity index (χ2n) is 2.53. The molecule has 0 amide bonds. The number of rotatable bonds is 3. The van der Waals surface area contributed by atoms with Crippen LogP contribution < -0.4 is 0 Å². The van der Waals surface area contributed by atoms with Gasteiger partial charge in [0, 0.05) is 7.11 Å². The predicted octanol–water partition coefficient (Wildman–Crippen LogP) is 1.57. The lowest BCUT2D eigenvalue weighted by molar-refractivity contribution is 0.185. The minimum Gasteiger partial charge on any atom is -0.612 e. The number of hydrogen-bond acceptors (Lipinski definition) is 2. The molecule has 1 rings (SSSR count). The summed E-state index contributed by atoms with van der Waals surface area (Å²) in [5, 5.41) is 0. The Bertz CT molecular complexity index is 231. The van der Waals surface area contributed by atoms with E-state index in [9.17, 15) is 4.55 Å². The van der Waals surface area contributed by atoms with Gasteiger partial charge >= 0.3 is 0 Å². The van der Waals surface area contributed by atoms with Crippen molar-refractivity contribution in [1.82, 2.24) is 0 Å². The summed E-state index contributed by atoms with van der Waals surface area (Å²) < 4.78 is 15.9. The molecule has 0 bridgehead atoms. The quantitative estimate of drug-likeness (QED) is 0.668. The van der Waals surface area contributed by atoms with E-state index in [-0.39, 0.29) is 0 Å². The van der Waals surface area contributed by atoms with Gasteiger partial charge in [-0.2, -0.15) is 0 Å². The summed E-state index contributed by atoms with van der Waals surface area (Å²) in [4.78, 5) is 0.856. The van der Waals surface area contributed by atoms with Crippen molar-refractivity contribution in [3.63, 3.8) is 0 Å². The number of hydrogen-bond donors (Lipinski definition) is 0. The molecule has 0 aliphatic heterocycles. The monoisotopic (exact) mass is 184 g/mol. The molecule has 0 fully saturated rings. The van der Waals surface area contributed by atoms with Gasteiger partial charge in [0.05, 0.1) is 6.61 Å². The van der Waals surface area contributed by atoms with E-state index < -0.39 is 11.2 Å². The van der Waals surface area contributed by atoms with Crippen LogP contribution in [0.15, 0.2) is 29.2 Å². The van der Waals surface area contributed by atoms with Gasteiger partial charge in [0.15, 0.2) is 4.90 Å². The molecule has 1 unspecified atom stereocenters. The van der Waals surface area contributed by atoms with Gasteiger partial charge in [-0.3, -0.25) is 0 Å². The van der Waals surface area contributed by atoms with E-state index in [4.69, 9.17) is 4.74 Å². The molecule has 0 N–H and O–H groups in total. The second-order valence-corrected chi connectivity index (χ2v) is 3.91. The molecule has 66 valence electrons. The van der Waals surface area contributed by atoms with Crippen LogP contribution in [0.2, 0.25) is 0 Å². The molecule has 0 aliphatic carbocycles. The fourth-order valence-corrected chi connectivity index (χ4v) is 1.46. The summed E-state index contributed by atoms with van der Waals surface area (Å²) >= 11 is -0.882. The average molecular weight is 184 g/mol. The van der Waals surface area contributed by atoms with E-state index >= 15 is 0 Å². The Balaban J connectivity index is 2.71. The van der Waals surface area contributed by atoms with Gasteiger partial charge < -0.3 is 9.29 Å². The Hall–Kier alpha value is -0.510. The molecule has 0 aliphatic rings. The summed E-state index contributed by atoms with van der Waals surface area (Å²) in [6.45, 7) is 0.608. The van der Waals surface area contributed by atoms with Crippen LogP contribution in [0.4, 0.5) is 0 Å². The molecule has 1 atom stereocenters. The zero-order chi connectivity index (χ0) is 8.97. The Morgan fingerprint density at radius 1 is 1.33 bits per heavy atom. The molecule has 0 spiro atoms. The van der Waals surface area contributed by atoms with Gasteiger partial charge in [-0.15, -0.1) is 0 Å². The van der Waals surface area contributed by atoms with Crippen LogP contribution >= 0.6 is 0 Å². The van der Waals surface area contributed by atoms with Crippen LogP contribution in [0.1, 0.15) is 5.56 Å². The van der Waals surface area contributed by atoms with Crippen molar-refractivity contribution in [2.45, 2.75) is 11.5 Å². The standard InChI is InChI=1S/C9H12O2S/c1-11-7-8-3-5-9(6-4-8)12(2)10/h3-6H,7H2,1-2H3. The van der Waals surface area contributed by atoms with Crippen molar-refractivity contribution >= 4 is 11.2 Å². The maximum Gasteiger partial charge on any atom is 0.152 e. The highest BCUT2D eigenvalue weighted by Crippen LogP contribution is 2.10. The average Bonchev–Trinajstić information content (AvgIpc) is 2.06. The SMILES string of the molecule is COCc1ccc([S+](C)[O-])cc1. The summed E-state index contributed by atoms with van der Waals surface area (Å²) in [6.07, 6.45) is 1.67. The molecule has 0 heterocycles. The molecular formula is C9H12O2S. The van der Waals surface area contributed by atoms with Gasteiger partial charge in [-0.1, -0.05) is 12.1 Å². The fourth-order valence-electron chi connectivity index (χ4n) is 0.944. The first-order valence-electron chi connectivity index (χ1n) is 3.65. The Kier molecular flexibility index (Phi) is 3.59. The maximum absolute atomic E-state index is 11.0. The predicted molar refractivity (Wildman–Crippen MR) is 49.5 cm³/mol. The minimum absolute atomic E-state index is 0.608. The van der Waals surface area contributed by atoms with Gasteiger partial charge in [0.1, 0.15) is 6.26 Å². The lowest BCUT2D eigenvalue weighted by Crippen LogP contribution is -1.97. The van der Waals surface area contributed by atoms with Crippen LogP contribution in [-0.4, -0.2) is 17.9 Å². The Morgan fingerprint density at radius 2 is 1.92 bits per heavy atom. The number of ether oxygens (including phenoxy) is 1. The molecule has 0 aromatic heterocycles. The third-order valence-corrected chi connectivity index (χ3v) is 2.50. The minimum atomic E-state index is -0.882. The molecule has 3 heteroatoms.